The van der Waals surface area contributed by atoms with Crippen molar-refractivity contribution in [1.82, 2.24) is 9.13 Å². The highest BCUT2D eigenvalue weighted by Crippen LogP contribution is 2.09. The van der Waals surface area contributed by atoms with Gasteiger partial charge in [-0.2, -0.15) is 0 Å². The van der Waals surface area contributed by atoms with Crippen molar-refractivity contribution < 1.29 is 0 Å². The van der Waals surface area contributed by atoms with Crippen LogP contribution in [0.15, 0.2) is 22.2 Å². The number of nitrogens with zero attached hydrogens (tertiary/aromatic N) is 2. The molecule has 0 atom stereocenters. The average molecular weight is 272 g/mol. The van der Waals surface area contributed by atoms with Gasteiger partial charge in [-0.1, -0.05) is 6.08 Å². The van der Waals surface area contributed by atoms with Crippen LogP contribution in [0.2, 0.25) is 0 Å². The van der Waals surface area contributed by atoms with Crippen molar-refractivity contribution in [3.63, 3.8) is 0 Å². The van der Waals surface area contributed by atoms with Gasteiger partial charge in [0, 0.05) is 26.5 Å². The Morgan fingerprint density at radius 2 is 2.00 bits per heavy atom. The van der Waals surface area contributed by atoms with Gasteiger partial charge < -0.3 is 5.32 Å². The number of halogens is 1. The zero-order valence-corrected chi connectivity index (χ0v) is 11.5. The van der Waals surface area contributed by atoms with Crippen LogP contribution in [0.1, 0.15) is 12.0 Å². The van der Waals surface area contributed by atoms with E-state index >= 15 is 0 Å². The quantitative estimate of drug-likeness (QED) is 0.474. The van der Waals surface area contributed by atoms with Crippen LogP contribution in [-0.2, 0) is 20.5 Å². The number of aromatic nitrogens is 2. The molecule has 5 nitrogen and oxygen atoms in total. The maximum atomic E-state index is 12.0. The van der Waals surface area contributed by atoms with Crippen LogP contribution in [0.25, 0.3) is 0 Å². The highest BCUT2D eigenvalue weighted by molar-refractivity contribution is 6.17. The van der Waals surface area contributed by atoms with Gasteiger partial charge in [-0.15, -0.1) is 18.2 Å². The molecule has 6 heteroatoms. The fraction of sp³-hybridized carbons (Fsp3) is 0.500. The van der Waals surface area contributed by atoms with Gasteiger partial charge in [-0.25, -0.2) is 4.79 Å². The third-order valence-corrected chi connectivity index (χ3v) is 2.98. The van der Waals surface area contributed by atoms with Crippen LogP contribution >= 0.6 is 11.6 Å². The summed E-state index contributed by atoms with van der Waals surface area (Å²) in [6.45, 7) is 4.25. The molecule has 1 rings (SSSR count). The smallest absolute Gasteiger partial charge is 0.332 e. The van der Waals surface area contributed by atoms with E-state index in [2.05, 4.69) is 11.9 Å². The van der Waals surface area contributed by atoms with Gasteiger partial charge in [-0.3, -0.25) is 13.9 Å². The topological polar surface area (TPSA) is 56.0 Å². The molecule has 0 amide bonds. The maximum absolute atomic E-state index is 12.0. The van der Waals surface area contributed by atoms with Gasteiger partial charge in [0.05, 0.1) is 5.56 Å². The van der Waals surface area contributed by atoms with Crippen molar-refractivity contribution in [2.24, 2.45) is 14.1 Å². The molecule has 0 aliphatic heterocycles. The van der Waals surface area contributed by atoms with Crippen molar-refractivity contribution in [2.45, 2.75) is 12.8 Å². The van der Waals surface area contributed by atoms with E-state index < -0.39 is 0 Å². The fourth-order valence-corrected chi connectivity index (χ4v) is 1.87. The predicted octanol–water partition coefficient (Wildman–Crippen LogP) is 0.853. The Morgan fingerprint density at radius 3 is 2.56 bits per heavy atom. The van der Waals surface area contributed by atoms with Gasteiger partial charge in [0.25, 0.3) is 5.56 Å². The first kappa shape index (κ1) is 14.6. The summed E-state index contributed by atoms with van der Waals surface area (Å²) in [5.41, 5.74) is -0.0864. The van der Waals surface area contributed by atoms with Gasteiger partial charge in [0.15, 0.2) is 0 Å². The van der Waals surface area contributed by atoms with Crippen LogP contribution in [-0.4, -0.2) is 21.6 Å². The molecule has 0 radical (unpaired) electrons. The summed E-state index contributed by atoms with van der Waals surface area (Å²) in [4.78, 5) is 23.9. The molecule has 1 heterocycles. The summed E-state index contributed by atoms with van der Waals surface area (Å²) in [6.07, 6.45) is 2.83. The lowest BCUT2D eigenvalue weighted by Gasteiger charge is -2.15. The number of rotatable bonds is 6. The Kier molecular flexibility index (Phi) is 5.22. The molecule has 1 aromatic heterocycles. The second kappa shape index (κ2) is 6.44. The van der Waals surface area contributed by atoms with Gasteiger partial charge in [0.1, 0.15) is 5.82 Å². The molecule has 0 unspecified atom stereocenters. The van der Waals surface area contributed by atoms with Crippen molar-refractivity contribution in [3.05, 3.63) is 39.1 Å². The lowest BCUT2D eigenvalue weighted by molar-refractivity contribution is 0.676. The minimum atomic E-state index is -0.346. The lowest BCUT2D eigenvalue weighted by Crippen LogP contribution is -2.40. The summed E-state index contributed by atoms with van der Waals surface area (Å²) in [6, 6.07) is 0. The second-order valence-corrected chi connectivity index (χ2v) is 4.37. The number of alkyl halides is 1. The summed E-state index contributed by atoms with van der Waals surface area (Å²) >= 11 is 5.61. The fourth-order valence-electron chi connectivity index (χ4n) is 1.74. The number of nitrogens with one attached hydrogen (secondary N) is 1. The Balaban J connectivity index is 3.32. The van der Waals surface area contributed by atoms with Gasteiger partial charge in [-0.05, 0) is 12.8 Å². The van der Waals surface area contributed by atoms with E-state index in [0.29, 0.717) is 30.2 Å². The largest absolute Gasteiger partial charge is 0.371 e. The maximum Gasteiger partial charge on any atom is 0.332 e. The van der Waals surface area contributed by atoms with E-state index in [1.54, 1.807) is 13.1 Å². The van der Waals surface area contributed by atoms with Crippen molar-refractivity contribution >= 4 is 17.4 Å². The third kappa shape index (κ3) is 2.85. The standard InChI is InChI=1S/C12H18ClN3O2/c1-4-6-9-10(14-8-5-7-13)15(2)12(18)16(3)11(9)17/h4,14H,1,5-8H2,2-3H3. The summed E-state index contributed by atoms with van der Waals surface area (Å²) < 4.78 is 2.54. The lowest BCUT2D eigenvalue weighted by atomic mass is 10.2. The second-order valence-electron chi connectivity index (χ2n) is 4.00. The highest BCUT2D eigenvalue weighted by atomic mass is 35.5. The molecule has 0 saturated heterocycles. The van der Waals surface area contributed by atoms with Crippen LogP contribution in [0.4, 0.5) is 5.82 Å². The van der Waals surface area contributed by atoms with Crippen molar-refractivity contribution in [3.8, 4) is 0 Å². The zero-order valence-electron chi connectivity index (χ0n) is 10.7. The zero-order chi connectivity index (χ0) is 13.7. The Hall–Kier alpha value is -1.49. The highest BCUT2D eigenvalue weighted by Gasteiger charge is 2.13. The SMILES string of the molecule is C=CCc1c(NCCCCl)n(C)c(=O)n(C)c1=O. The predicted molar refractivity (Wildman–Crippen MR) is 74.7 cm³/mol. The van der Waals surface area contributed by atoms with Crippen LogP contribution in [0.5, 0.6) is 0 Å². The first-order valence-electron chi connectivity index (χ1n) is 5.74. The molecule has 0 bridgehead atoms. The molecule has 1 aromatic rings. The van der Waals surface area contributed by atoms with E-state index in [1.807, 2.05) is 0 Å². The monoisotopic (exact) mass is 271 g/mol. The minimum absolute atomic E-state index is 0.286. The normalized spacial score (nSPS) is 10.4. The van der Waals surface area contributed by atoms with E-state index in [4.69, 9.17) is 11.6 Å². The molecular formula is C12H18ClN3O2. The molecule has 18 heavy (non-hydrogen) atoms. The van der Waals surface area contributed by atoms with Crippen molar-refractivity contribution in [2.75, 3.05) is 17.7 Å². The number of allylic oxidation sites excluding steroid dienone is 1. The number of anilines is 1. The van der Waals surface area contributed by atoms with E-state index in [9.17, 15) is 9.59 Å². The Morgan fingerprint density at radius 1 is 1.33 bits per heavy atom. The number of hydrogen-bond donors (Lipinski definition) is 1. The first-order chi connectivity index (χ1) is 8.54. The molecule has 0 saturated carbocycles. The van der Waals surface area contributed by atoms with Crippen LogP contribution in [0.3, 0.4) is 0 Å². The van der Waals surface area contributed by atoms with Gasteiger partial charge >= 0.3 is 5.69 Å². The molecule has 0 aliphatic rings. The number of hydrogen-bond acceptors (Lipinski definition) is 3. The Labute approximate surface area is 111 Å². The minimum Gasteiger partial charge on any atom is -0.371 e. The molecule has 0 spiro atoms. The van der Waals surface area contributed by atoms with Crippen molar-refractivity contribution in [1.29, 1.82) is 0 Å². The van der Waals surface area contributed by atoms with Gasteiger partial charge in [0.2, 0.25) is 0 Å². The Bertz CT molecular complexity index is 545. The molecule has 0 fully saturated rings. The average Bonchev–Trinajstić information content (AvgIpc) is 2.37. The van der Waals surface area contributed by atoms with Crippen LogP contribution in [0, 0.1) is 0 Å². The molecule has 0 aliphatic carbocycles. The van der Waals surface area contributed by atoms with E-state index in [0.717, 1.165) is 11.0 Å². The first-order valence-corrected chi connectivity index (χ1v) is 6.27. The molecular weight excluding hydrogens is 254 g/mol. The molecule has 0 aromatic carbocycles. The molecule has 1 N–H and O–H groups in total. The van der Waals surface area contributed by atoms with E-state index in [1.165, 1.54) is 11.6 Å². The summed E-state index contributed by atoms with van der Waals surface area (Å²) in [5.74, 6) is 1.08. The molecule has 100 valence electrons. The van der Waals surface area contributed by atoms with E-state index in [-0.39, 0.29) is 11.2 Å². The third-order valence-electron chi connectivity index (χ3n) is 2.71. The summed E-state index contributed by atoms with van der Waals surface area (Å²) in [5, 5.41) is 3.09. The van der Waals surface area contributed by atoms with Crippen LogP contribution < -0.4 is 16.6 Å². The summed E-state index contributed by atoms with van der Waals surface area (Å²) in [7, 11) is 3.11.